The smallest absolute Gasteiger partial charge is 0.327 e. The maximum atomic E-state index is 11.7. The Balaban J connectivity index is 2.66. The van der Waals surface area contributed by atoms with Crippen molar-refractivity contribution in [3.63, 3.8) is 0 Å². The number of hydrogen-bond acceptors (Lipinski definition) is 4. The molecule has 0 amide bonds. The van der Waals surface area contributed by atoms with E-state index < -0.39 is 0 Å². The third-order valence-corrected chi connectivity index (χ3v) is 2.57. The van der Waals surface area contributed by atoms with Gasteiger partial charge in [-0.05, 0) is 19.1 Å². The Bertz CT molecular complexity index is 639. The number of aliphatic hydroxyl groups is 1. The van der Waals surface area contributed by atoms with Crippen LogP contribution in [0.5, 0.6) is 0 Å². The standard InChI is InChI=1S/C11H12N2O3S/c1-7-2-3-9(16-7)8-6-10(17)12-11(15)13(8)4-5-14/h2-3,6,14H,4-5H2,1H3,(H,12,15,17). The molecule has 0 aliphatic carbocycles. The molecular weight excluding hydrogens is 240 g/mol. The van der Waals surface area contributed by atoms with Gasteiger partial charge in [-0.25, -0.2) is 4.79 Å². The van der Waals surface area contributed by atoms with E-state index in [9.17, 15) is 4.79 Å². The second-order valence-electron chi connectivity index (χ2n) is 3.61. The van der Waals surface area contributed by atoms with Gasteiger partial charge in [0.2, 0.25) is 0 Å². The summed E-state index contributed by atoms with van der Waals surface area (Å²) < 4.78 is 7.20. The van der Waals surface area contributed by atoms with Crippen molar-refractivity contribution in [2.24, 2.45) is 0 Å². The van der Waals surface area contributed by atoms with E-state index in [-0.39, 0.29) is 18.8 Å². The van der Waals surface area contributed by atoms with E-state index in [1.807, 2.05) is 13.0 Å². The van der Waals surface area contributed by atoms with Gasteiger partial charge in [0.1, 0.15) is 10.4 Å². The zero-order chi connectivity index (χ0) is 12.4. The quantitative estimate of drug-likeness (QED) is 0.811. The largest absolute Gasteiger partial charge is 0.460 e. The summed E-state index contributed by atoms with van der Waals surface area (Å²) in [5, 5.41) is 8.96. The molecule has 5 nitrogen and oxygen atoms in total. The molecule has 0 aliphatic rings. The van der Waals surface area contributed by atoms with Crippen LogP contribution in [0.4, 0.5) is 0 Å². The molecular formula is C11H12N2O3S. The highest BCUT2D eigenvalue weighted by Gasteiger charge is 2.10. The zero-order valence-electron chi connectivity index (χ0n) is 9.27. The summed E-state index contributed by atoms with van der Waals surface area (Å²) in [7, 11) is 0. The highest BCUT2D eigenvalue weighted by molar-refractivity contribution is 7.71. The number of aromatic amines is 1. The molecule has 0 radical (unpaired) electrons. The van der Waals surface area contributed by atoms with Gasteiger partial charge in [-0.15, -0.1) is 0 Å². The van der Waals surface area contributed by atoms with Crippen LogP contribution >= 0.6 is 12.2 Å². The maximum absolute atomic E-state index is 11.7. The molecule has 6 heteroatoms. The van der Waals surface area contributed by atoms with Gasteiger partial charge in [-0.3, -0.25) is 9.55 Å². The Morgan fingerprint density at radius 3 is 2.88 bits per heavy atom. The minimum absolute atomic E-state index is 0.128. The number of aryl methyl sites for hydroxylation is 1. The van der Waals surface area contributed by atoms with Crippen LogP contribution in [-0.4, -0.2) is 21.3 Å². The Morgan fingerprint density at radius 1 is 1.53 bits per heavy atom. The highest BCUT2D eigenvalue weighted by Crippen LogP contribution is 2.20. The molecule has 0 aromatic carbocycles. The maximum Gasteiger partial charge on any atom is 0.327 e. The zero-order valence-corrected chi connectivity index (χ0v) is 10.1. The molecule has 0 spiro atoms. The van der Waals surface area contributed by atoms with E-state index in [4.69, 9.17) is 21.7 Å². The van der Waals surface area contributed by atoms with Crippen LogP contribution in [0.15, 0.2) is 27.4 Å². The van der Waals surface area contributed by atoms with E-state index in [2.05, 4.69) is 4.98 Å². The minimum atomic E-state index is -0.351. The molecule has 2 rings (SSSR count). The molecule has 0 aliphatic heterocycles. The van der Waals surface area contributed by atoms with Gasteiger partial charge in [0.15, 0.2) is 5.76 Å². The molecule has 17 heavy (non-hydrogen) atoms. The SMILES string of the molecule is Cc1ccc(-c2cc(=S)[nH]c(=O)n2CCO)o1. The van der Waals surface area contributed by atoms with Gasteiger partial charge < -0.3 is 9.52 Å². The van der Waals surface area contributed by atoms with Crippen LogP contribution in [-0.2, 0) is 6.54 Å². The number of hydrogen-bond donors (Lipinski definition) is 2. The summed E-state index contributed by atoms with van der Waals surface area (Å²) in [6, 6.07) is 5.22. The monoisotopic (exact) mass is 252 g/mol. The first-order valence-corrected chi connectivity index (χ1v) is 5.54. The number of nitrogens with zero attached hydrogens (tertiary/aromatic N) is 1. The minimum Gasteiger partial charge on any atom is -0.460 e. The number of aromatic nitrogens is 2. The lowest BCUT2D eigenvalue weighted by atomic mass is 10.3. The number of nitrogens with one attached hydrogen (secondary N) is 1. The van der Waals surface area contributed by atoms with Gasteiger partial charge in [-0.2, -0.15) is 0 Å². The summed E-state index contributed by atoms with van der Waals surface area (Å²) in [5.74, 6) is 1.31. The fourth-order valence-electron chi connectivity index (χ4n) is 1.62. The fraction of sp³-hybridized carbons (Fsp3) is 0.273. The van der Waals surface area contributed by atoms with Crippen LogP contribution in [0, 0.1) is 11.6 Å². The molecule has 90 valence electrons. The Hall–Kier alpha value is -1.66. The van der Waals surface area contributed by atoms with Crippen LogP contribution < -0.4 is 5.69 Å². The molecule has 0 unspecified atom stereocenters. The molecule has 0 saturated carbocycles. The predicted octanol–water partition coefficient (Wildman–Crippen LogP) is 1.47. The van der Waals surface area contributed by atoms with Gasteiger partial charge in [0.25, 0.3) is 0 Å². The fourth-order valence-corrected chi connectivity index (χ4v) is 1.82. The average molecular weight is 252 g/mol. The lowest BCUT2D eigenvalue weighted by Gasteiger charge is -2.08. The van der Waals surface area contributed by atoms with Crippen molar-refractivity contribution < 1.29 is 9.52 Å². The summed E-state index contributed by atoms with van der Waals surface area (Å²) in [6.07, 6.45) is 0. The Kier molecular flexibility index (Phi) is 3.26. The van der Waals surface area contributed by atoms with Gasteiger partial charge >= 0.3 is 5.69 Å². The molecule has 0 atom stereocenters. The number of rotatable bonds is 3. The van der Waals surface area contributed by atoms with Crippen LogP contribution in [0.1, 0.15) is 5.76 Å². The Labute approximate surface area is 102 Å². The average Bonchev–Trinajstić information content (AvgIpc) is 2.68. The van der Waals surface area contributed by atoms with Crippen molar-refractivity contribution in [2.45, 2.75) is 13.5 Å². The van der Waals surface area contributed by atoms with Gasteiger partial charge in [0, 0.05) is 6.07 Å². The van der Waals surface area contributed by atoms with Gasteiger partial charge in [-0.1, -0.05) is 12.2 Å². The van der Waals surface area contributed by atoms with Gasteiger partial charge in [0.05, 0.1) is 18.8 Å². The first-order valence-electron chi connectivity index (χ1n) is 5.13. The first-order chi connectivity index (χ1) is 8.11. The van der Waals surface area contributed by atoms with E-state index in [1.165, 1.54) is 4.57 Å². The molecule has 2 heterocycles. The van der Waals surface area contributed by atoms with Crippen molar-refractivity contribution in [3.05, 3.63) is 39.1 Å². The molecule has 2 aromatic heterocycles. The van der Waals surface area contributed by atoms with Crippen LogP contribution in [0.25, 0.3) is 11.5 Å². The molecule has 0 fully saturated rings. The number of aliphatic hydroxyl groups excluding tert-OH is 1. The van der Waals surface area contributed by atoms with E-state index in [1.54, 1.807) is 12.1 Å². The second kappa shape index (κ2) is 4.68. The van der Waals surface area contributed by atoms with Crippen molar-refractivity contribution in [3.8, 4) is 11.5 Å². The third-order valence-electron chi connectivity index (χ3n) is 2.35. The normalized spacial score (nSPS) is 10.7. The first kappa shape index (κ1) is 11.8. The van der Waals surface area contributed by atoms with E-state index in [0.29, 0.717) is 16.1 Å². The van der Waals surface area contributed by atoms with Crippen molar-refractivity contribution in [2.75, 3.05) is 6.61 Å². The van der Waals surface area contributed by atoms with E-state index >= 15 is 0 Å². The van der Waals surface area contributed by atoms with Crippen molar-refractivity contribution in [1.82, 2.24) is 9.55 Å². The third kappa shape index (κ3) is 2.37. The predicted molar refractivity (Wildman–Crippen MR) is 65.4 cm³/mol. The van der Waals surface area contributed by atoms with Crippen molar-refractivity contribution in [1.29, 1.82) is 0 Å². The van der Waals surface area contributed by atoms with Crippen LogP contribution in [0.2, 0.25) is 0 Å². The number of H-pyrrole nitrogens is 1. The molecule has 2 N–H and O–H groups in total. The molecule has 0 saturated heterocycles. The lowest BCUT2D eigenvalue weighted by molar-refractivity contribution is 0.273. The number of furan rings is 1. The van der Waals surface area contributed by atoms with Crippen LogP contribution in [0.3, 0.4) is 0 Å². The second-order valence-corrected chi connectivity index (χ2v) is 4.05. The molecule has 2 aromatic rings. The summed E-state index contributed by atoms with van der Waals surface area (Å²) in [6.45, 7) is 1.89. The summed E-state index contributed by atoms with van der Waals surface area (Å²) in [5.41, 5.74) is 0.219. The summed E-state index contributed by atoms with van der Waals surface area (Å²) in [4.78, 5) is 14.2. The lowest BCUT2D eigenvalue weighted by Crippen LogP contribution is -2.25. The Morgan fingerprint density at radius 2 is 2.29 bits per heavy atom. The highest BCUT2D eigenvalue weighted by atomic mass is 32.1. The van der Waals surface area contributed by atoms with Crippen molar-refractivity contribution >= 4 is 12.2 Å². The van der Waals surface area contributed by atoms with E-state index in [0.717, 1.165) is 5.76 Å². The topological polar surface area (TPSA) is 71.2 Å². The summed E-state index contributed by atoms with van der Waals surface area (Å²) >= 11 is 4.96. The molecule has 0 bridgehead atoms.